The Morgan fingerprint density at radius 1 is 0.625 bits per heavy atom. The number of nitrogens with one attached hydrogen (secondary N) is 4. The minimum atomic E-state index is -1.59. The van der Waals surface area contributed by atoms with Crippen LogP contribution in [0.2, 0.25) is 0 Å². The van der Waals surface area contributed by atoms with Gasteiger partial charge in [0.1, 0.15) is 12.1 Å². The first kappa shape index (κ1) is 36.4. The van der Waals surface area contributed by atoms with Gasteiger partial charge in [-0.1, -0.05) is 21.6 Å². The predicted octanol–water partition coefficient (Wildman–Crippen LogP) is -7.98. The van der Waals surface area contributed by atoms with Gasteiger partial charge in [0.05, 0.1) is 37.9 Å². The maximum Gasteiger partial charge on any atom is 0.303 e. The van der Waals surface area contributed by atoms with E-state index in [1.165, 1.54) is 0 Å². The van der Waals surface area contributed by atoms with Crippen LogP contribution in [0.1, 0.15) is 25.7 Å². The third-order valence-corrected chi connectivity index (χ3v) is 7.21. The van der Waals surface area contributed by atoms with E-state index < -0.39 is 84.8 Å². The lowest BCUT2D eigenvalue weighted by molar-refractivity contribution is -0.405. The summed E-state index contributed by atoms with van der Waals surface area (Å²) in [6.45, 7) is -1.70. The van der Waals surface area contributed by atoms with Crippen molar-refractivity contribution in [2.75, 3.05) is 24.6 Å². The topological polar surface area (TPSA) is 327 Å². The van der Waals surface area contributed by atoms with Crippen LogP contribution in [0.4, 0.5) is 0 Å². The van der Waals surface area contributed by atoms with Gasteiger partial charge in [0.25, 0.3) is 11.8 Å². The summed E-state index contributed by atoms with van der Waals surface area (Å²) in [5.41, 5.74) is 7.08. The molecule has 20 heteroatoms. The Bertz CT molecular complexity index is 879. The van der Waals surface area contributed by atoms with Crippen LogP contribution in [0, 0.1) is 0 Å². The lowest BCUT2D eigenvalue weighted by Gasteiger charge is -2.21. The van der Waals surface area contributed by atoms with Crippen LogP contribution in [-0.4, -0.2) is 106 Å². The minimum Gasteiger partial charge on any atom is -0.548 e. The summed E-state index contributed by atoms with van der Waals surface area (Å²) in [5, 5.41) is 47.6. The number of hydrogen-bond acceptors (Lipinski definition) is 12. The first-order chi connectivity index (χ1) is 18.6. The molecule has 0 radical (unpaired) electrons. The molecule has 12 N–H and O–H groups in total. The van der Waals surface area contributed by atoms with E-state index in [9.17, 15) is 48.6 Å². The van der Waals surface area contributed by atoms with Gasteiger partial charge >= 0.3 is 11.9 Å². The molecule has 0 saturated heterocycles. The van der Waals surface area contributed by atoms with Gasteiger partial charge in [-0.05, 0) is 0 Å². The van der Waals surface area contributed by atoms with Crippen LogP contribution in [0.15, 0.2) is 0 Å². The van der Waals surface area contributed by atoms with Gasteiger partial charge < -0.3 is 62.7 Å². The van der Waals surface area contributed by atoms with Crippen molar-refractivity contribution in [1.29, 1.82) is 0 Å². The van der Waals surface area contributed by atoms with E-state index in [-0.39, 0.29) is 37.2 Å². The second-order valence-electron chi connectivity index (χ2n) is 8.13. The largest absolute Gasteiger partial charge is 0.548 e. The van der Waals surface area contributed by atoms with E-state index in [0.717, 1.165) is 21.6 Å². The quantitative estimate of drug-likeness (QED) is 0.0441. The van der Waals surface area contributed by atoms with E-state index in [1.807, 2.05) is 10.6 Å². The summed E-state index contributed by atoms with van der Waals surface area (Å²) >= 11 is 0. The maximum absolute atomic E-state index is 12.4. The highest BCUT2D eigenvalue weighted by Gasteiger charge is 2.28. The molecule has 4 unspecified atom stereocenters. The highest BCUT2D eigenvalue weighted by atomic mass is 33.1. The average molecular weight is 613 g/mol. The Labute approximate surface area is 235 Å². The smallest absolute Gasteiger partial charge is 0.303 e. The summed E-state index contributed by atoms with van der Waals surface area (Å²) in [4.78, 5) is 92.3. The number of amides is 4. The molecule has 226 valence electrons. The number of carbonyl (C=O) groups is 8. The van der Waals surface area contributed by atoms with Crippen molar-refractivity contribution in [3.8, 4) is 0 Å². The van der Waals surface area contributed by atoms with Crippen LogP contribution in [0.5, 0.6) is 0 Å². The number of quaternary nitrogens is 2. The molecule has 0 aromatic carbocycles. The molecule has 0 aliphatic rings. The van der Waals surface area contributed by atoms with Crippen LogP contribution < -0.4 is 42.9 Å². The molecule has 0 rings (SSSR count). The molecule has 0 aliphatic heterocycles. The number of aliphatic carboxylic acids is 4. The normalized spacial score (nSPS) is 13.6. The van der Waals surface area contributed by atoms with Gasteiger partial charge in [-0.2, -0.15) is 0 Å². The Morgan fingerprint density at radius 3 is 1.23 bits per heavy atom. The Balaban J connectivity index is 5.28. The zero-order valence-corrected chi connectivity index (χ0v) is 22.8. The van der Waals surface area contributed by atoms with Gasteiger partial charge in [-0.3, -0.25) is 28.8 Å². The van der Waals surface area contributed by atoms with E-state index in [4.69, 9.17) is 10.2 Å². The molecule has 4 atom stereocenters. The standard InChI is InChI=1S/C20H32N6O12S2/c21-9(1-3-13(27)28)17(35)25-11(19(37)23-5-15(31)32)7-39-40-8-12(20(38)24-6-16(33)34)26-18(36)10(22)2-4-14(29)30/h9-12H,1-8,21-22H2,(H,23,37)(H,24,38)(H,25,35)(H,26,36)(H,27,28)(H,29,30)(H,31,32)(H,33,34). The molecule has 0 fully saturated rings. The van der Waals surface area contributed by atoms with E-state index in [2.05, 4.69) is 22.1 Å². The minimum absolute atomic E-state index is 0.126. The van der Waals surface area contributed by atoms with Gasteiger partial charge in [-0.25, -0.2) is 0 Å². The van der Waals surface area contributed by atoms with E-state index >= 15 is 0 Å². The molecule has 18 nitrogen and oxygen atoms in total. The Kier molecular flexibility index (Phi) is 17.7. The second-order valence-corrected chi connectivity index (χ2v) is 10.7. The third kappa shape index (κ3) is 17.1. The van der Waals surface area contributed by atoms with Crippen LogP contribution in [0.3, 0.4) is 0 Å². The van der Waals surface area contributed by atoms with Crippen LogP contribution in [-0.2, 0) is 38.4 Å². The molecule has 0 bridgehead atoms. The SMILES string of the molecule is [NH3+]C(CCC(=O)O)C(=O)NC(CSSCC(NC(=O)C([NH3+])CCC(=O)O)C(=O)NCC(=O)[O-])C(=O)NCC(=O)[O-]. The number of carboxylic acids is 4. The first-order valence-electron chi connectivity index (χ1n) is 11.5. The summed E-state index contributed by atoms with van der Waals surface area (Å²) in [5.74, 6) is -9.20. The molecule has 0 spiro atoms. The lowest BCUT2D eigenvalue weighted by atomic mass is 10.1. The number of carboxylic acid groups (broad SMARTS) is 4. The van der Waals surface area contributed by atoms with E-state index in [0.29, 0.717) is 0 Å². The zero-order valence-electron chi connectivity index (χ0n) is 21.2. The molecule has 0 aromatic rings. The molecular formula is C20H32N6O12S2. The van der Waals surface area contributed by atoms with Gasteiger partial charge in [0.15, 0.2) is 12.1 Å². The summed E-state index contributed by atoms with van der Waals surface area (Å²) in [6, 6.07) is -4.68. The molecule has 0 saturated carbocycles. The summed E-state index contributed by atoms with van der Waals surface area (Å²) in [7, 11) is 1.85. The number of hydrogen-bond donors (Lipinski definition) is 8. The lowest BCUT2D eigenvalue weighted by Crippen LogP contribution is -2.69. The highest BCUT2D eigenvalue weighted by Crippen LogP contribution is 2.23. The van der Waals surface area contributed by atoms with E-state index in [1.54, 1.807) is 0 Å². The molecule has 40 heavy (non-hydrogen) atoms. The van der Waals surface area contributed by atoms with Crippen molar-refractivity contribution < 1.29 is 70.2 Å². The monoisotopic (exact) mass is 612 g/mol. The molecular weight excluding hydrogens is 580 g/mol. The molecule has 0 aliphatic carbocycles. The van der Waals surface area contributed by atoms with Gasteiger partial charge in [0.2, 0.25) is 11.8 Å². The van der Waals surface area contributed by atoms with Crippen molar-refractivity contribution in [2.24, 2.45) is 0 Å². The fourth-order valence-corrected chi connectivity index (χ4v) is 4.93. The van der Waals surface area contributed by atoms with Crippen LogP contribution >= 0.6 is 21.6 Å². The number of carbonyl (C=O) groups excluding carboxylic acids is 6. The fraction of sp³-hybridized carbons (Fsp3) is 0.600. The van der Waals surface area contributed by atoms with Crippen molar-refractivity contribution in [2.45, 2.75) is 49.9 Å². The summed E-state index contributed by atoms with van der Waals surface area (Å²) in [6.07, 6.45) is -0.965. The molecule has 0 aromatic heterocycles. The number of rotatable bonds is 21. The van der Waals surface area contributed by atoms with Crippen molar-refractivity contribution >= 4 is 69.1 Å². The molecule has 0 heterocycles. The van der Waals surface area contributed by atoms with Gasteiger partial charge in [-0.15, -0.1) is 0 Å². The van der Waals surface area contributed by atoms with Crippen molar-refractivity contribution in [3.05, 3.63) is 0 Å². The van der Waals surface area contributed by atoms with Crippen LogP contribution in [0.25, 0.3) is 0 Å². The summed E-state index contributed by atoms with van der Waals surface area (Å²) < 4.78 is 0. The Hall–Kier alpha value is -3.62. The maximum atomic E-state index is 12.4. The first-order valence-corrected chi connectivity index (χ1v) is 14.0. The third-order valence-electron chi connectivity index (χ3n) is 4.79. The predicted molar refractivity (Wildman–Crippen MR) is 132 cm³/mol. The van der Waals surface area contributed by atoms with Gasteiger partial charge in [0, 0.05) is 24.3 Å². The Morgan fingerprint density at radius 2 is 0.950 bits per heavy atom. The van der Waals surface area contributed by atoms with Crippen molar-refractivity contribution in [1.82, 2.24) is 21.3 Å². The highest BCUT2D eigenvalue weighted by molar-refractivity contribution is 8.76. The zero-order chi connectivity index (χ0) is 30.8. The molecule has 4 amide bonds. The fourth-order valence-electron chi connectivity index (χ4n) is 2.60. The second kappa shape index (κ2) is 19.4. The van der Waals surface area contributed by atoms with Crippen molar-refractivity contribution in [3.63, 3.8) is 0 Å². The average Bonchev–Trinajstić information content (AvgIpc) is 2.87.